The zero-order valence-electron chi connectivity index (χ0n) is 12.6. The fourth-order valence-electron chi connectivity index (χ4n) is 2.64. The number of amides is 1. The molecule has 0 unspecified atom stereocenters. The normalized spacial score (nSPS) is 17.0. The van der Waals surface area contributed by atoms with Gasteiger partial charge in [-0.1, -0.05) is 12.1 Å². The Morgan fingerprint density at radius 3 is 2.92 bits per heavy atom. The second-order valence-corrected chi connectivity index (χ2v) is 5.36. The Hall–Kier alpha value is -2.19. The van der Waals surface area contributed by atoms with Crippen LogP contribution in [0.2, 0.25) is 0 Å². The van der Waals surface area contributed by atoms with E-state index in [-0.39, 0.29) is 30.1 Å². The number of hydrogen-bond acceptors (Lipinski definition) is 4. The maximum atomic E-state index is 12.6. The quantitative estimate of drug-likeness (QED) is 0.878. The molecule has 3 N–H and O–H groups in total. The monoisotopic (exact) mass is 358 g/mol. The highest BCUT2D eigenvalue weighted by molar-refractivity contribution is 6.00. The molecule has 0 bridgehead atoms. The van der Waals surface area contributed by atoms with Gasteiger partial charge in [0.05, 0.1) is 17.5 Å². The van der Waals surface area contributed by atoms with Crippen LogP contribution in [0.5, 0.6) is 5.75 Å². The first-order chi connectivity index (χ1) is 11.0. The van der Waals surface area contributed by atoms with Gasteiger partial charge in [0, 0.05) is 24.7 Å². The second-order valence-electron chi connectivity index (χ2n) is 5.36. The van der Waals surface area contributed by atoms with E-state index >= 15 is 0 Å². The lowest BCUT2D eigenvalue weighted by molar-refractivity contribution is -0.0498. The third kappa shape index (κ3) is 3.82. The zero-order chi connectivity index (χ0) is 16.4. The van der Waals surface area contributed by atoms with Crippen LogP contribution in [0, 0.1) is 0 Å². The van der Waals surface area contributed by atoms with E-state index in [9.17, 15) is 13.6 Å². The molecule has 3 rings (SSSR count). The van der Waals surface area contributed by atoms with Gasteiger partial charge >= 0.3 is 6.61 Å². The highest BCUT2D eigenvalue weighted by atomic mass is 35.5. The number of nitrogens with zero attached hydrogens (tertiary/aromatic N) is 2. The van der Waals surface area contributed by atoms with Gasteiger partial charge in [-0.2, -0.15) is 13.9 Å². The van der Waals surface area contributed by atoms with Crippen molar-refractivity contribution in [1.29, 1.82) is 0 Å². The summed E-state index contributed by atoms with van der Waals surface area (Å²) in [5, 5.41) is 6.65. The molecule has 0 saturated carbocycles. The maximum absolute atomic E-state index is 12.6. The van der Waals surface area contributed by atoms with E-state index in [4.69, 9.17) is 5.73 Å². The van der Waals surface area contributed by atoms with Crippen LogP contribution in [0.3, 0.4) is 0 Å². The summed E-state index contributed by atoms with van der Waals surface area (Å²) in [6.45, 7) is -1.81. The Kier molecular flexibility index (Phi) is 5.74. The first-order valence-corrected chi connectivity index (χ1v) is 7.18. The summed E-state index contributed by atoms with van der Waals surface area (Å²) in [5.41, 5.74) is 7.23. The minimum Gasteiger partial charge on any atom is -0.435 e. The number of carbonyl (C=O) groups is 1. The molecule has 1 atom stereocenters. The molecule has 0 aliphatic carbocycles. The number of likely N-dealkylation sites (tertiary alicyclic amines) is 1. The third-order valence-electron chi connectivity index (χ3n) is 3.73. The Bertz CT molecular complexity index is 710. The number of carbonyl (C=O) groups excluding carboxylic acids is 1. The van der Waals surface area contributed by atoms with Gasteiger partial charge in [-0.15, -0.1) is 12.4 Å². The standard InChI is InChI=1S/C15H16F2N4O2.ClH/c16-15(17)23-11-3-1-2-9(6-11)13-12(7-19-20-13)14(22)21-5-4-10(18)8-21;/h1-3,6-7,10,15H,4-5,8,18H2,(H,19,20);1H/t10-;/m1./s1. The van der Waals surface area contributed by atoms with Crippen LogP contribution in [0.1, 0.15) is 16.8 Å². The van der Waals surface area contributed by atoms with Gasteiger partial charge in [-0.25, -0.2) is 0 Å². The summed E-state index contributed by atoms with van der Waals surface area (Å²) in [6.07, 6.45) is 2.19. The van der Waals surface area contributed by atoms with Crippen LogP contribution in [-0.2, 0) is 0 Å². The van der Waals surface area contributed by atoms with Crippen LogP contribution in [-0.4, -0.2) is 46.7 Å². The molecule has 9 heteroatoms. The number of benzene rings is 1. The fourth-order valence-corrected chi connectivity index (χ4v) is 2.64. The van der Waals surface area contributed by atoms with E-state index in [1.807, 2.05) is 0 Å². The highest BCUT2D eigenvalue weighted by Crippen LogP contribution is 2.27. The van der Waals surface area contributed by atoms with Gasteiger partial charge in [-0.3, -0.25) is 9.89 Å². The first-order valence-electron chi connectivity index (χ1n) is 7.18. The summed E-state index contributed by atoms with van der Waals surface area (Å²) in [5.74, 6) is -0.157. The molecule has 1 saturated heterocycles. The SMILES string of the molecule is Cl.N[C@@H]1CCN(C(=O)c2cn[nH]c2-c2cccc(OC(F)F)c2)C1. The van der Waals surface area contributed by atoms with Crippen molar-refractivity contribution in [3.63, 3.8) is 0 Å². The minimum absolute atomic E-state index is 0. The van der Waals surface area contributed by atoms with Crippen molar-refractivity contribution in [3.8, 4) is 17.0 Å². The number of rotatable bonds is 4. The number of H-pyrrole nitrogens is 1. The van der Waals surface area contributed by atoms with E-state index in [0.717, 1.165) is 6.42 Å². The average Bonchev–Trinajstić information content (AvgIpc) is 3.15. The van der Waals surface area contributed by atoms with Crippen molar-refractivity contribution in [2.24, 2.45) is 5.73 Å². The van der Waals surface area contributed by atoms with Gasteiger partial charge < -0.3 is 15.4 Å². The molecule has 1 aliphatic rings. The molecule has 2 heterocycles. The molecule has 1 fully saturated rings. The molecule has 1 aliphatic heterocycles. The molecule has 6 nitrogen and oxygen atoms in total. The molecule has 2 aromatic rings. The topological polar surface area (TPSA) is 84.2 Å². The van der Waals surface area contributed by atoms with Crippen molar-refractivity contribution in [2.75, 3.05) is 13.1 Å². The number of ether oxygens (including phenoxy) is 1. The van der Waals surface area contributed by atoms with Gasteiger partial charge in [0.15, 0.2) is 0 Å². The lowest BCUT2D eigenvalue weighted by Gasteiger charge is -2.15. The largest absolute Gasteiger partial charge is 0.435 e. The predicted octanol–water partition coefficient (Wildman–Crippen LogP) is 2.27. The number of nitrogens with one attached hydrogen (secondary N) is 1. The number of halogens is 3. The number of nitrogens with two attached hydrogens (primary N) is 1. The fraction of sp³-hybridized carbons (Fsp3) is 0.333. The van der Waals surface area contributed by atoms with E-state index in [2.05, 4.69) is 14.9 Å². The smallest absolute Gasteiger partial charge is 0.387 e. The van der Waals surface area contributed by atoms with Gasteiger partial charge in [0.2, 0.25) is 0 Å². The van der Waals surface area contributed by atoms with Crippen LogP contribution in [0.15, 0.2) is 30.5 Å². The minimum atomic E-state index is -2.90. The molecular formula is C15H17ClF2N4O2. The number of aromatic nitrogens is 2. The summed E-state index contributed by atoms with van der Waals surface area (Å²) >= 11 is 0. The van der Waals surface area contributed by atoms with Crippen molar-refractivity contribution in [3.05, 3.63) is 36.0 Å². The number of aromatic amines is 1. The summed E-state index contributed by atoms with van der Waals surface area (Å²) in [7, 11) is 0. The summed E-state index contributed by atoms with van der Waals surface area (Å²) in [6, 6.07) is 6.11. The first kappa shape index (κ1) is 18.2. The van der Waals surface area contributed by atoms with E-state index < -0.39 is 6.61 Å². The van der Waals surface area contributed by atoms with Crippen molar-refractivity contribution < 1.29 is 18.3 Å². The van der Waals surface area contributed by atoms with E-state index in [1.54, 1.807) is 17.0 Å². The summed E-state index contributed by atoms with van der Waals surface area (Å²) in [4.78, 5) is 14.2. The van der Waals surface area contributed by atoms with E-state index in [1.165, 1.54) is 18.3 Å². The van der Waals surface area contributed by atoms with Crippen LogP contribution >= 0.6 is 12.4 Å². The Labute approximate surface area is 143 Å². The Morgan fingerprint density at radius 1 is 1.46 bits per heavy atom. The Balaban J connectivity index is 0.00000208. The third-order valence-corrected chi connectivity index (χ3v) is 3.73. The molecular weight excluding hydrogens is 342 g/mol. The molecule has 130 valence electrons. The molecule has 1 aromatic heterocycles. The molecule has 24 heavy (non-hydrogen) atoms. The second kappa shape index (κ2) is 7.59. The molecule has 0 spiro atoms. The van der Waals surface area contributed by atoms with Crippen molar-refractivity contribution in [2.45, 2.75) is 19.1 Å². The van der Waals surface area contributed by atoms with Crippen LogP contribution in [0.4, 0.5) is 8.78 Å². The van der Waals surface area contributed by atoms with Crippen molar-refractivity contribution >= 4 is 18.3 Å². The lowest BCUT2D eigenvalue weighted by Crippen LogP contribution is -2.31. The van der Waals surface area contributed by atoms with Crippen molar-refractivity contribution in [1.82, 2.24) is 15.1 Å². The predicted molar refractivity (Wildman–Crippen MR) is 86.4 cm³/mol. The zero-order valence-corrected chi connectivity index (χ0v) is 13.4. The molecule has 1 amide bonds. The van der Waals surface area contributed by atoms with Crippen LogP contribution < -0.4 is 10.5 Å². The van der Waals surface area contributed by atoms with Gasteiger partial charge in [-0.05, 0) is 18.6 Å². The lowest BCUT2D eigenvalue weighted by atomic mass is 10.1. The Morgan fingerprint density at radius 2 is 2.25 bits per heavy atom. The van der Waals surface area contributed by atoms with E-state index in [0.29, 0.717) is 29.9 Å². The van der Waals surface area contributed by atoms with Crippen LogP contribution in [0.25, 0.3) is 11.3 Å². The molecule has 0 radical (unpaired) electrons. The number of alkyl halides is 2. The number of hydrogen-bond donors (Lipinski definition) is 2. The molecule has 1 aromatic carbocycles. The summed E-state index contributed by atoms with van der Waals surface area (Å²) < 4.78 is 29.0. The van der Waals surface area contributed by atoms with Gasteiger partial charge in [0.1, 0.15) is 5.75 Å². The maximum Gasteiger partial charge on any atom is 0.387 e. The van der Waals surface area contributed by atoms with Gasteiger partial charge in [0.25, 0.3) is 5.91 Å². The highest BCUT2D eigenvalue weighted by Gasteiger charge is 2.27. The average molecular weight is 359 g/mol.